The normalized spacial score (nSPS) is 10.9. The first-order chi connectivity index (χ1) is 9.41. The number of nitrogens with zero attached hydrogens (tertiary/aromatic N) is 2. The maximum atomic E-state index is 13.6. The third-order valence-corrected chi connectivity index (χ3v) is 3.17. The Bertz CT molecular complexity index is 647. The van der Waals surface area contributed by atoms with Gasteiger partial charge in [0, 0.05) is 6.04 Å². The highest BCUT2D eigenvalue weighted by atomic mass is 19.1. The molecule has 1 aromatic heterocycles. The maximum Gasteiger partial charge on any atom is 0.258 e. The molecule has 0 radical (unpaired) electrons. The van der Waals surface area contributed by atoms with Crippen LogP contribution in [0.4, 0.5) is 10.1 Å². The molecule has 0 aliphatic rings. The van der Waals surface area contributed by atoms with E-state index < -0.39 is 11.7 Å². The highest BCUT2D eigenvalue weighted by Crippen LogP contribution is 2.23. The Kier molecular flexibility index (Phi) is 3.88. The zero-order valence-corrected chi connectivity index (χ0v) is 12.1. The van der Waals surface area contributed by atoms with E-state index in [1.165, 1.54) is 12.1 Å². The summed E-state index contributed by atoms with van der Waals surface area (Å²) in [5, 5.41) is 7.14. The molecule has 0 fully saturated rings. The van der Waals surface area contributed by atoms with Gasteiger partial charge in [-0.15, -0.1) is 0 Å². The number of benzene rings is 1. The minimum atomic E-state index is -0.531. The monoisotopic (exact) mass is 275 g/mol. The molecule has 0 aliphatic heterocycles. The van der Waals surface area contributed by atoms with Gasteiger partial charge in [-0.3, -0.25) is 9.48 Å². The van der Waals surface area contributed by atoms with Crippen LogP contribution < -0.4 is 5.32 Å². The average Bonchev–Trinajstić information content (AvgIpc) is 2.67. The van der Waals surface area contributed by atoms with Crippen molar-refractivity contribution in [2.24, 2.45) is 0 Å². The average molecular weight is 275 g/mol. The van der Waals surface area contributed by atoms with E-state index in [0.717, 1.165) is 11.4 Å². The third kappa shape index (κ3) is 2.57. The van der Waals surface area contributed by atoms with E-state index in [0.29, 0.717) is 5.69 Å². The van der Waals surface area contributed by atoms with E-state index in [1.807, 2.05) is 32.4 Å². The molecule has 2 rings (SSSR count). The number of rotatable bonds is 3. The number of nitrogens with one attached hydrogen (secondary N) is 1. The zero-order chi connectivity index (χ0) is 14.9. The Morgan fingerprint density at radius 3 is 2.50 bits per heavy atom. The van der Waals surface area contributed by atoms with Crippen LogP contribution in [0.3, 0.4) is 0 Å². The van der Waals surface area contributed by atoms with Gasteiger partial charge in [-0.05, 0) is 39.8 Å². The second kappa shape index (κ2) is 5.45. The van der Waals surface area contributed by atoms with E-state index in [2.05, 4.69) is 10.4 Å². The molecule has 0 aliphatic carbocycles. The molecule has 5 heteroatoms. The Morgan fingerprint density at radius 1 is 1.30 bits per heavy atom. The lowest BCUT2D eigenvalue weighted by molar-refractivity contribution is 0.102. The van der Waals surface area contributed by atoms with Crippen LogP contribution in [-0.2, 0) is 0 Å². The summed E-state index contributed by atoms with van der Waals surface area (Å²) in [4.78, 5) is 12.1. The van der Waals surface area contributed by atoms with Gasteiger partial charge < -0.3 is 5.32 Å². The van der Waals surface area contributed by atoms with Gasteiger partial charge in [-0.2, -0.15) is 5.10 Å². The van der Waals surface area contributed by atoms with E-state index in [1.54, 1.807) is 12.1 Å². The Hall–Kier alpha value is -2.17. The van der Waals surface area contributed by atoms with Crippen molar-refractivity contribution in [3.63, 3.8) is 0 Å². The van der Waals surface area contributed by atoms with Crippen LogP contribution in [0.5, 0.6) is 0 Å². The summed E-state index contributed by atoms with van der Waals surface area (Å²) in [7, 11) is 0. The molecular formula is C15H18FN3O. The molecule has 0 spiro atoms. The molecular weight excluding hydrogens is 257 g/mol. The Labute approximate surface area is 117 Å². The number of aryl methyl sites for hydroxylation is 1. The van der Waals surface area contributed by atoms with E-state index in [-0.39, 0.29) is 11.6 Å². The van der Waals surface area contributed by atoms with Crippen LogP contribution in [-0.4, -0.2) is 15.7 Å². The lowest BCUT2D eigenvalue weighted by Crippen LogP contribution is -2.15. The maximum absolute atomic E-state index is 13.6. The fourth-order valence-electron chi connectivity index (χ4n) is 2.17. The number of aromatic nitrogens is 2. The summed E-state index contributed by atoms with van der Waals surface area (Å²) < 4.78 is 15.4. The highest BCUT2D eigenvalue weighted by molar-refractivity contribution is 6.05. The van der Waals surface area contributed by atoms with Gasteiger partial charge in [0.05, 0.1) is 22.6 Å². The van der Waals surface area contributed by atoms with Crippen molar-refractivity contribution in [2.45, 2.75) is 33.7 Å². The molecule has 1 heterocycles. The number of amides is 1. The molecule has 0 unspecified atom stereocenters. The molecule has 0 bridgehead atoms. The number of hydrogen-bond donors (Lipinski definition) is 1. The third-order valence-electron chi connectivity index (χ3n) is 3.17. The first-order valence-corrected chi connectivity index (χ1v) is 6.53. The van der Waals surface area contributed by atoms with Gasteiger partial charge in [0.1, 0.15) is 5.82 Å². The summed E-state index contributed by atoms with van der Waals surface area (Å²) in [5.41, 5.74) is 2.26. The van der Waals surface area contributed by atoms with Crippen molar-refractivity contribution in [1.29, 1.82) is 0 Å². The van der Waals surface area contributed by atoms with Crippen LogP contribution in [0.15, 0.2) is 24.3 Å². The second-order valence-corrected chi connectivity index (χ2v) is 5.02. The standard InChI is InChI=1S/C15H18FN3O/c1-9(2)19-11(4)14(10(3)18-19)17-15(20)12-7-5-6-8-13(12)16/h5-9H,1-4H3,(H,17,20). The smallest absolute Gasteiger partial charge is 0.258 e. The SMILES string of the molecule is Cc1nn(C(C)C)c(C)c1NC(=O)c1ccccc1F. The topological polar surface area (TPSA) is 46.9 Å². The lowest BCUT2D eigenvalue weighted by atomic mass is 10.2. The first kappa shape index (κ1) is 14.2. The van der Waals surface area contributed by atoms with Gasteiger partial charge in [0.15, 0.2) is 0 Å². The minimum absolute atomic E-state index is 0.0311. The quantitative estimate of drug-likeness (QED) is 0.932. The Morgan fingerprint density at radius 2 is 1.95 bits per heavy atom. The number of anilines is 1. The summed E-state index contributed by atoms with van der Waals surface area (Å²) >= 11 is 0. The van der Waals surface area contributed by atoms with E-state index >= 15 is 0 Å². The fraction of sp³-hybridized carbons (Fsp3) is 0.333. The highest BCUT2D eigenvalue weighted by Gasteiger charge is 2.18. The van der Waals surface area contributed by atoms with Crippen molar-refractivity contribution in [3.05, 3.63) is 47.0 Å². The Balaban J connectivity index is 2.31. The van der Waals surface area contributed by atoms with Crippen LogP contribution >= 0.6 is 0 Å². The molecule has 2 aromatic rings. The van der Waals surface area contributed by atoms with Crippen molar-refractivity contribution in [3.8, 4) is 0 Å². The number of halogens is 1. The number of carbonyl (C=O) groups excluding carboxylic acids is 1. The molecule has 0 saturated heterocycles. The largest absolute Gasteiger partial charge is 0.319 e. The summed E-state index contributed by atoms with van der Waals surface area (Å²) in [6, 6.07) is 6.12. The predicted molar refractivity (Wildman–Crippen MR) is 76.4 cm³/mol. The summed E-state index contributed by atoms with van der Waals surface area (Å²) in [6.45, 7) is 7.74. The van der Waals surface area contributed by atoms with Crippen LogP contribution in [0.2, 0.25) is 0 Å². The van der Waals surface area contributed by atoms with Gasteiger partial charge in [0.25, 0.3) is 5.91 Å². The molecule has 1 aromatic carbocycles. The molecule has 106 valence electrons. The number of hydrogen-bond acceptors (Lipinski definition) is 2. The van der Waals surface area contributed by atoms with E-state index in [9.17, 15) is 9.18 Å². The van der Waals surface area contributed by atoms with Gasteiger partial charge >= 0.3 is 0 Å². The summed E-state index contributed by atoms with van der Waals surface area (Å²) in [6.07, 6.45) is 0. The molecule has 0 atom stereocenters. The van der Waals surface area contributed by atoms with Crippen molar-refractivity contribution >= 4 is 11.6 Å². The van der Waals surface area contributed by atoms with Crippen molar-refractivity contribution in [1.82, 2.24) is 9.78 Å². The van der Waals surface area contributed by atoms with Crippen LogP contribution in [0.1, 0.15) is 41.6 Å². The summed E-state index contributed by atoms with van der Waals surface area (Å²) in [5.74, 6) is -0.992. The molecule has 1 N–H and O–H groups in total. The molecule has 1 amide bonds. The van der Waals surface area contributed by atoms with Crippen LogP contribution in [0.25, 0.3) is 0 Å². The zero-order valence-electron chi connectivity index (χ0n) is 12.1. The van der Waals surface area contributed by atoms with E-state index in [4.69, 9.17) is 0 Å². The lowest BCUT2D eigenvalue weighted by Gasteiger charge is -2.09. The second-order valence-electron chi connectivity index (χ2n) is 5.02. The molecule has 20 heavy (non-hydrogen) atoms. The molecule has 4 nitrogen and oxygen atoms in total. The van der Waals surface area contributed by atoms with Crippen molar-refractivity contribution in [2.75, 3.05) is 5.32 Å². The molecule has 0 saturated carbocycles. The van der Waals surface area contributed by atoms with Crippen LogP contribution in [0, 0.1) is 19.7 Å². The minimum Gasteiger partial charge on any atom is -0.319 e. The van der Waals surface area contributed by atoms with Gasteiger partial charge in [0.2, 0.25) is 0 Å². The van der Waals surface area contributed by atoms with Crippen molar-refractivity contribution < 1.29 is 9.18 Å². The first-order valence-electron chi connectivity index (χ1n) is 6.53. The predicted octanol–water partition coefficient (Wildman–Crippen LogP) is 3.47. The number of carbonyl (C=O) groups is 1. The fourth-order valence-corrected chi connectivity index (χ4v) is 2.17. The van der Waals surface area contributed by atoms with Gasteiger partial charge in [-0.25, -0.2) is 4.39 Å². The van der Waals surface area contributed by atoms with Gasteiger partial charge in [-0.1, -0.05) is 12.1 Å².